The molecule has 1 amide bonds. The molecule has 1 saturated heterocycles. The zero-order chi connectivity index (χ0) is 28.4. The van der Waals surface area contributed by atoms with Gasteiger partial charge in [-0.2, -0.15) is 0 Å². The van der Waals surface area contributed by atoms with Gasteiger partial charge in [0.05, 0.1) is 6.42 Å². The van der Waals surface area contributed by atoms with Gasteiger partial charge in [0.25, 0.3) is 0 Å². The van der Waals surface area contributed by atoms with Crippen LogP contribution in [0.5, 0.6) is 5.75 Å². The Labute approximate surface area is 217 Å². The summed E-state index contributed by atoms with van der Waals surface area (Å²) in [7, 11) is 0. The number of hydrogen-bond donors (Lipinski definition) is 2. The summed E-state index contributed by atoms with van der Waals surface area (Å²) in [4.78, 5) is 69.4. The van der Waals surface area contributed by atoms with Crippen molar-refractivity contribution in [2.24, 2.45) is 0 Å². The first-order chi connectivity index (χ1) is 17.8. The SMILES string of the molecule is CC(=O)OC[C@H]1O[C@H](Oc2ccc(NC(=O)CCC(=O)O)cc2)[C@@H](OC(C)=O)[C@@H](OC(C)=O)[C@@H]1OC(C)=O. The van der Waals surface area contributed by atoms with Crippen molar-refractivity contribution >= 4 is 41.4 Å². The van der Waals surface area contributed by atoms with Crippen LogP contribution in [-0.2, 0) is 52.5 Å². The number of carboxylic acids is 1. The number of ether oxygens (including phenoxy) is 6. The van der Waals surface area contributed by atoms with Gasteiger partial charge >= 0.3 is 29.8 Å². The number of rotatable bonds is 11. The van der Waals surface area contributed by atoms with E-state index in [9.17, 15) is 28.8 Å². The monoisotopic (exact) mass is 539 g/mol. The molecule has 38 heavy (non-hydrogen) atoms. The minimum Gasteiger partial charge on any atom is -0.481 e. The fourth-order valence-corrected chi connectivity index (χ4v) is 3.48. The van der Waals surface area contributed by atoms with Gasteiger partial charge in [-0.1, -0.05) is 0 Å². The minimum atomic E-state index is -1.41. The third kappa shape index (κ3) is 9.69. The van der Waals surface area contributed by atoms with Crippen LogP contribution in [0.15, 0.2) is 24.3 Å². The highest BCUT2D eigenvalue weighted by atomic mass is 16.7. The lowest BCUT2D eigenvalue weighted by molar-refractivity contribution is -0.288. The highest BCUT2D eigenvalue weighted by Gasteiger charge is 2.53. The van der Waals surface area contributed by atoms with Gasteiger partial charge in [0.15, 0.2) is 12.2 Å². The highest BCUT2D eigenvalue weighted by molar-refractivity contribution is 5.92. The Kier molecular flexibility index (Phi) is 11.0. The Morgan fingerprint density at radius 3 is 1.87 bits per heavy atom. The lowest BCUT2D eigenvalue weighted by atomic mass is 9.98. The number of esters is 4. The molecule has 0 spiro atoms. The normalized spacial score (nSPS) is 22.4. The summed E-state index contributed by atoms with van der Waals surface area (Å²) in [6.07, 6.45) is -7.21. The number of carbonyl (C=O) groups is 6. The van der Waals surface area contributed by atoms with Crippen LogP contribution in [0, 0.1) is 0 Å². The first-order valence-electron chi connectivity index (χ1n) is 11.4. The van der Waals surface area contributed by atoms with E-state index in [0.717, 1.165) is 27.7 Å². The number of carbonyl (C=O) groups excluding carboxylic acids is 5. The van der Waals surface area contributed by atoms with Crippen molar-refractivity contribution in [1.82, 2.24) is 0 Å². The molecule has 1 aromatic rings. The molecule has 208 valence electrons. The largest absolute Gasteiger partial charge is 0.481 e. The summed E-state index contributed by atoms with van der Waals surface area (Å²) in [6, 6.07) is 5.83. The summed E-state index contributed by atoms with van der Waals surface area (Å²) in [6.45, 7) is 4.07. The maximum Gasteiger partial charge on any atom is 0.303 e. The van der Waals surface area contributed by atoms with Gasteiger partial charge in [0, 0.05) is 39.8 Å². The molecule has 0 aromatic heterocycles. The van der Waals surface area contributed by atoms with E-state index in [-0.39, 0.29) is 18.6 Å². The van der Waals surface area contributed by atoms with Gasteiger partial charge in [-0.15, -0.1) is 0 Å². The molecule has 14 nitrogen and oxygen atoms in total. The molecule has 14 heteroatoms. The van der Waals surface area contributed by atoms with Crippen molar-refractivity contribution in [3.05, 3.63) is 24.3 Å². The van der Waals surface area contributed by atoms with E-state index in [4.69, 9.17) is 33.5 Å². The first kappa shape index (κ1) is 30.0. The van der Waals surface area contributed by atoms with Gasteiger partial charge < -0.3 is 38.8 Å². The molecule has 5 atom stereocenters. The maximum atomic E-state index is 11.9. The van der Waals surface area contributed by atoms with Crippen LogP contribution < -0.4 is 10.1 Å². The van der Waals surface area contributed by atoms with Crippen LogP contribution in [0.3, 0.4) is 0 Å². The third-order valence-electron chi connectivity index (χ3n) is 4.90. The average molecular weight is 539 g/mol. The predicted octanol–water partition coefficient (Wildman–Crippen LogP) is 0.952. The maximum absolute atomic E-state index is 11.9. The fraction of sp³-hybridized carbons (Fsp3) is 0.500. The van der Waals surface area contributed by atoms with Crippen LogP contribution in [0.25, 0.3) is 0 Å². The molecule has 1 heterocycles. The second-order valence-electron chi connectivity index (χ2n) is 8.15. The zero-order valence-corrected chi connectivity index (χ0v) is 21.2. The molecular formula is C24H29NO13. The number of carboxylic acid groups (broad SMARTS) is 1. The molecule has 0 aliphatic carbocycles. The lowest BCUT2D eigenvalue weighted by Crippen LogP contribution is -2.63. The smallest absolute Gasteiger partial charge is 0.303 e. The van der Waals surface area contributed by atoms with E-state index >= 15 is 0 Å². The summed E-state index contributed by atoms with van der Waals surface area (Å²) >= 11 is 0. The molecule has 0 bridgehead atoms. The number of nitrogens with one attached hydrogen (secondary N) is 1. The van der Waals surface area contributed by atoms with Gasteiger partial charge in [0.1, 0.15) is 18.5 Å². The van der Waals surface area contributed by atoms with E-state index in [0.29, 0.717) is 5.69 Å². The van der Waals surface area contributed by atoms with Gasteiger partial charge in [-0.3, -0.25) is 28.8 Å². The van der Waals surface area contributed by atoms with E-state index in [1.54, 1.807) is 0 Å². The quantitative estimate of drug-likeness (QED) is 0.299. The van der Waals surface area contributed by atoms with Gasteiger partial charge in [-0.05, 0) is 24.3 Å². The molecular weight excluding hydrogens is 510 g/mol. The number of amides is 1. The lowest BCUT2D eigenvalue weighted by Gasteiger charge is -2.43. The second-order valence-corrected chi connectivity index (χ2v) is 8.15. The van der Waals surface area contributed by atoms with E-state index in [1.165, 1.54) is 24.3 Å². The van der Waals surface area contributed by atoms with Crippen LogP contribution in [-0.4, -0.2) is 78.2 Å². The average Bonchev–Trinajstić information content (AvgIpc) is 2.80. The predicted molar refractivity (Wildman–Crippen MR) is 125 cm³/mol. The number of anilines is 1. The van der Waals surface area contributed by atoms with Crippen molar-refractivity contribution in [3.63, 3.8) is 0 Å². The number of benzene rings is 1. The molecule has 1 fully saturated rings. The summed E-state index contributed by atoms with van der Waals surface area (Å²) in [5.74, 6) is -4.39. The number of hydrogen-bond acceptors (Lipinski definition) is 12. The number of aliphatic carboxylic acids is 1. The molecule has 0 saturated carbocycles. The minimum absolute atomic E-state index is 0.175. The third-order valence-corrected chi connectivity index (χ3v) is 4.90. The Bertz CT molecular complexity index is 1040. The topological polar surface area (TPSA) is 190 Å². The van der Waals surface area contributed by atoms with Gasteiger partial charge in [-0.25, -0.2) is 0 Å². The molecule has 2 rings (SSSR count). The molecule has 2 N–H and O–H groups in total. The molecule has 0 unspecified atom stereocenters. The molecule has 1 aliphatic rings. The van der Waals surface area contributed by atoms with E-state index < -0.39 is 73.1 Å². The highest BCUT2D eigenvalue weighted by Crippen LogP contribution is 2.31. The van der Waals surface area contributed by atoms with E-state index in [2.05, 4.69) is 5.32 Å². The van der Waals surface area contributed by atoms with Crippen LogP contribution in [0.1, 0.15) is 40.5 Å². The van der Waals surface area contributed by atoms with E-state index in [1.807, 2.05) is 0 Å². The fourth-order valence-electron chi connectivity index (χ4n) is 3.48. The Balaban J connectivity index is 2.31. The summed E-state index contributed by atoms with van der Waals surface area (Å²) < 4.78 is 32.7. The standard InChI is InChI=1S/C24H29NO13/c1-12(26)33-11-18-21(34-13(2)27)22(35-14(3)28)23(36-15(4)29)24(38-18)37-17-7-5-16(6-8-17)25-19(30)9-10-20(31)32/h5-8,18,21-24H,9-11H2,1-4H3,(H,25,30)(H,31,32)/t18-,21-,22+,23+,24+/m1/s1. The Hall–Kier alpha value is -4.20. The zero-order valence-electron chi connectivity index (χ0n) is 21.2. The van der Waals surface area contributed by atoms with Crippen LogP contribution in [0.4, 0.5) is 5.69 Å². The van der Waals surface area contributed by atoms with Crippen molar-refractivity contribution in [1.29, 1.82) is 0 Å². The molecule has 1 aromatic carbocycles. The van der Waals surface area contributed by atoms with Crippen molar-refractivity contribution in [3.8, 4) is 5.75 Å². The first-order valence-corrected chi connectivity index (χ1v) is 11.4. The van der Waals surface area contributed by atoms with Crippen LogP contribution in [0.2, 0.25) is 0 Å². The second kappa shape index (κ2) is 13.9. The molecule has 1 aliphatic heterocycles. The summed E-state index contributed by atoms with van der Waals surface area (Å²) in [5.41, 5.74) is 0.356. The van der Waals surface area contributed by atoms with Crippen LogP contribution >= 0.6 is 0 Å². The van der Waals surface area contributed by atoms with Crippen molar-refractivity contribution < 1.29 is 62.3 Å². The Morgan fingerprint density at radius 2 is 1.34 bits per heavy atom. The molecule has 0 radical (unpaired) electrons. The Morgan fingerprint density at radius 1 is 0.789 bits per heavy atom. The van der Waals surface area contributed by atoms with Crippen molar-refractivity contribution in [2.75, 3.05) is 11.9 Å². The van der Waals surface area contributed by atoms with Gasteiger partial charge in [0.2, 0.25) is 18.3 Å². The van der Waals surface area contributed by atoms with Crippen molar-refractivity contribution in [2.45, 2.75) is 71.2 Å². The summed E-state index contributed by atoms with van der Waals surface area (Å²) in [5, 5.41) is 11.2.